The van der Waals surface area contributed by atoms with Gasteiger partial charge in [0.2, 0.25) is 0 Å². The number of aliphatic carboxylic acids is 2. The molecule has 20 heavy (non-hydrogen) atoms. The summed E-state index contributed by atoms with van der Waals surface area (Å²) in [4.78, 5) is 22.2. The Balaban J connectivity index is 4.42. The fraction of sp³-hybridized carbons (Fsp3) is 0.500. The molecule has 0 aliphatic carbocycles. The number of carbonyl (C=O) groups is 2. The van der Waals surface area contributed by atoms with Crippen molar-refractivity contribution in [3.63, 3.8) is 0 Å². The quantitative estimate of drug-likeness (QED) is 0.253. The van der Waals surface area contributed by atoms with Crippen molar-refractivity contribution in [1.82, 2.24) is 0 Å². The minimum absolute atomic E-state index is 0.128. The summed E-state index contributed by atoms with van der Waals surface area (Å²) >= 11 is 0. The van der Waals surface area contributed by atoms with E-state index in [1.165, 1.54) is 33.7 Å². The molecule has 0 heterocycles. The molecule has 0 aliphatic heterocycles. The molecule has 0 aromatic carbocycles. The third kappa shape index (κ3) is 5.58. The van der Waals surface area contributed by atoms with Gasteiger partial charge in [0.1, 0.15) is 11.1 Å². The van der Waals surface area contributed by atoms with Gasteiger partial charge in [0.05, 0.1) is 0 Å². The Morgan fingerprint density at radius 3 is 1.45 bits per heavy atom. The summed E-state index contributed by atoms with van der Waals surface area (Å²) in [6.07, 6.45) is 3.16. The van der Waals surface area contributed by atoms with Crippen molar-refractivity contribution in [2.24, 2.45) is 11.5 Å². The predicted octanol–water partition coefficient (Wildman–Crippen LogP) is 1.08. The maximum atomic E-state index is 11.1. The molecule has 0 amide bonds. The average molecular weight is 320 g/mol. The van der Waals surface area contributed by atoms with E-state index in [2.05, 4.69) is 13.2 Å². The van der Waals surface area contributed by atoms with Crippen LogP contribution in [0.2, 0.25) is 0 Å². The largest absolute Gasteiger partial charge is 0.480 e. The van der Waals surface area contributed by atoms with Crippen LogP contribution in [0.4, 0.5) is 0 Å². The first-order chi connectivity index (χ1) is 9.22. The van der Waals surface area contributed by atoms with Gasteiger partial charge in [-0.2, -0.15) is 0 Å². The van der Waals surface area contributed by atoms with Crippen LogP contribution < -0.4 is 11.5 Å². The molecule has 8 heteroatoms. The van der Waals surface area contributed by atoms with E-state index >= 15 is 0 Å². The van der Waals surface area contributed by atoms with Gasteiger partial charge in [-0.3, -0.25) is 9.59 Å². The minimum atomic E-state index is -1.40. The van der Waals surface area contributed by atoms with Crippen molar-refractivity contribution in [1.29, 1.82) is 0 Å². The van der Waals surface area contributed by atoms with Gasteiger partial charge in [0.15, 0.2) is 0 Å². The maximum absolute atomic E-state index is 11.1. The number of carboxylic acid groups (broad SMARTS) is 2. The Hall–Kier alpha value is -0.960. The lowest BCUT2D eigenvalue weighted by Gasteiger charge is -2.25. The number of carboxylic acids is 2. The van der Waals surface area contributed by atoms with Crippen LogP contribution in [0.1, 0.15) is 12.8 Å². The Labute approximate surface area is 126 Å². The van der Waals surface area contributed by atoms with Crippen LogP contribution in [0, 0.1) is 0 Å². The zero-order valence-corrected chi connectivity index (χ0v) is 12.7. The Bertz CT molecular complexity index is 356. The van der Waals surface area contributed by atoms with Crippen LogP contribution in [0.3, 0.4) is 0 Å². The molecule has 0 saturated heterocycles. The minimum Gasteiger partial charge on any atom is -0.480 e. The molecule has 6 nitrogen and oxygen atoms in total. The van der Waals surface area contributed by atoms with E-state index in [9.17, 15) is 9.59 Å². The van der Waals surface area contributed by atoms with Gasteiger partial charge >= 0.3 is 11.9 Å². The number of nitrogens with two attached hydrogens (primary N) is 2. The summed E-state index contributed by atoms with van der Waals surface area (Å²) < 4.78 is 0. The third-order valence-corrected chi connectivity index (χ3v) is 5.23. The van der Waals surface area contributed by atoms with E-state index in [1.54, 1.807) is 0 Å². The zero-order chi connectivity index (χ0) is 15.8. The van der Waals surface area contributed by atoms with Crippen LogP contribution in [-0.4, -0.2) is 44.7 Å². The topological polar surface area (TPSA) is 127 Å². The van der Waals surface area contributed by atoms with E-state index in [0.29, 0.717) is 0 Å². The highest BCUT2D eigenvalue weighted by atomic mass is 33.1. The number of hydrogen-bond acceptors (Lipinski definition) is 6. The van der Waals surface area contributed by atoms with E-state index in [1.807, 2.05) is 0 Å². The molecule has 2 atom stereocenters. The number of hydrogen-bond donors (Lipinski definition) is 4. The van der Waals surface area contributed by atoms with Gasteiger partial charge in [-0.25, -0.2) is 0 Å². The second kappa shape index (κ2) is 8.35. The van der Waals surface area contributed by atoms with E-state index < -0.39 is 23.0 Å². The van der Waals surface area contributed by atoms with Crippen LogP contribution in [0.5, 0.6) is 0 Å². The smallest absolute Gasteiger partial charge is 0.324 e. The number of rotatable bonds is 11. The van der Waals surface area contributed by atoms with Crippen molar-refractivity contribution in [2.75, 3.05) is 11.5 Å². The van der Waals surface area contributed by atoms with Crippen LogP contribution in [0.15, 0.2) is 25.3 Å². The van der Waals surface area contributed by atoms with Gasteiger partial charge in [-0.1, -0.05) is 33.7 Å². The van der Waals surface area contributed by atoms with E-state index in [0.717, 1.165) is 0 Å². The molecule has 0 unspecified atom stereocenters. The predicted molar refractivity (Wildman–Crippen MR) is 83.7 cm³/mol. The lowest BCUT2D eigenvalue weighted by molar-refractivity contribution is -0.143. The summed E-state index contributed by atoms with van der Waals surface area (Å²) in [5.74, 6) is -1.98. The first-order valence-corrected chi connectivity index (χ1v) is 8.21. The van der Waals surface area contributed by atoms with E-state index in [-0.39, 0.29) is 24.3 Å². The van der Waals surface area contributed by atoms with Gasteiger partial charge in [-0.05, 0) is 12.8 Å². The van der Waals surface area contributed by atoms with Crippen molar-refractivity contribution >= 4 is 33.5 Å². The molecule has 114 valence electrons. The molecule has 0 fully saturated rings. The summed E-state index contributed by atoms with van der Waals surface area (Å²) in [7, 11) is 2.37. The Morgan fingerprint density at radius 1 is 0.950 bits per heavy atom. The monoisotopic (exact) mass is 320 g/mol. The second-order valence-electron chi connectivity index (χ2n) is 4.43. The van der Waals surface area contributed by atoms with Gasteiger partial charge in [0, 0.05) is 11.5 Å². The fourth-order valence-electron chi connectivity index (χ4n) is 1.22. The molecular formula is C12H20N2O4S2. The lowest BCUT2D eigenvalue weighted by Crippen LogP contribution is -2.50. The first kappa shape index (κ1) is 19.0. The van der Waals surface area contributed by atoms with Crippen molar-refractivity contribution < 1.29 is 19.8 Å². The summed E-state index contributed by atoms with van der Waals surface area (Å²) in [6.45, 7) is 6.95. The molecule has 0 bridgehead atoms. The lowest BCUT2D eigenvalue weighted by atomic mass is 10.00. The van der Waals surface area contributed by atoms with E-state index in [4.69, 9.17) is 21.7 Å². The first-order valence-electron chi connectivity index (χ1n) is 5.72. The van der Waals surface area contributed by atoms with Crippen molar-refractivity contribution in [3.05, 3.63) is 25.3 Å². The van der Waals surface area contributed by atoms with Gasteiger partial charge < -0.3 is 21.7 Å². The Kier molecular flexibility index (Phi) is 7.95. The molecular weight excluding hydrogens is 300 g/mol. The summed E-state index contributed by atoms with van der Waals surface area (Å²) in [5, 5.41) is 18.1. The zero-order valence-electron chi connectivity index (χ0n) is 11.1. The maximum Gasteiger partial charge on any atom is 0.324 e. The Morgan fingerprint density at radius 2 is 1.25 bits per heavy atom. The molecule has 0 aliphatic rings. The van der Waals surface area contributed by atoms with Gasteiger partial charge in [-0.15, -0.1) is 13.2 Å². The third-order valence-electron chi connectivity index (χ3n) is 2.59. The van der Waals surface area contributed by atoms with Crippen LogP contribution >= 0.6 is 21.6 Å². The second-order valence-corrected chi connectivity index (χ2v) is 6.90. The normalized spacial score (nSPS) is 16.7. The molecule has 0 aromatic heterocycles. The fourth-order valence-corrected chi connectivity index (χ4v) is 4.06. The van der Waals surface area contributed by atoms with Crippen molar-refractivity contribution in [3.8, 4) is 0 Å². The van der Waals surface area contributed by atoms with Crippen LogP contribution in [-0.2, 0) is 9.59 Å². The SMILES string of the molecule is C=CC[C@](N)(CSSC[C@@](N)(CC=C)C(=O)O)C(=O)O. The molecule has 0 spiro atoms. The van der Waals surface area contributed by atoms with Gasteiger partial charge in [0.25, 0.3) is 0 Å². The van der Waals surface area contributed by atoms with Crippen LogP contribution in [0.25, 0.3) is 0 Å². The molecule has 0 rings (SSSR count). The highest BCUT2D eigenvalue weighted by Crippen LogP contribution is 2.30. The average Bonchev–Trinajstić information content (AvgIpc) is 2.35. The molecule has 0 saturated carbocycles. The molecule has 0 radical (unpaired) electrons. The molecule has 0 aromatic rings. The molecule has 6 N–H and O–H groups in total. The highest BCUT2D eigenvalue weighted by molar-refractivity contribution is 8.76. The summed E-state index contributed by atoms with van der Waals surface area (Å²) in [5.41, 5.74) is 8.69. The standard InChI is InChI=1S/C12H20N2O4S2/c1-3-5-11(13,9(15)16)7-19-20-8-12(14,6-4-2)10(17)18/h3-4H,1-2,5-8,13-14H2,(H,15,16)(H,17,18)/t11-,12-/m0/s1. The summed E-state index contributed by atoms with van der Waals surface area (Å²) in [6, 6.07) is 0. The van der Waals surface area contributed by atoms with Crippen molar-refractivity contribution in [2.45, 2.75) is 23.9 Å². The highest BCUT2D eigenvalue weighted by Gasteiger charge is 2.35.